The zero-order valence-corrected chi connectivity index (χ0v) is 21.0. The average molecular weight is 501 g/mol. The Morgan fingerprint density at radius 2 is 1.34 bits per heavy atom. The van der Waals surface area contributed by atoms with Gasteiger partial charge in [0.15, 0.2) is 32.8 Å². The van der Waals surface area contributed by atoms with Crippen molar-refractivity contribution < 1.29 is 37.2 Å². The Hall–Kier alpha value is -3.85. The molecule has 0 aromatic heterocycles. The molecule has 0 fully saturated rings. The molecule has 0 unspecified atom stereocenters. The van der Waals surface area contributed by atoms with Gasteiger partial charge in [-0.2, -0.15) is 0 Å². The number of hydrogen-bond acceptors (Lipinski definition) is 8. The molecule has 0 amide bonds. The highest BCUT2D eigenvalue weighted by Gasteiger charge is 2.19. The molecular formula is C26H28O8S. The topological polar surface area (TPSA) is 101 Å². The second-order valence-electron chi connectivity index (χ2n) is 7.45. The van der Waals surface area contributed by atoms with E-state index in [0.717, 1.165) is 5.56 Å². The number of phenolic OH excluding ortho intramolecular Hbond substituents is 1. The number of methoxy groups -OCH3 is 5. The molecule has 0 aliphatic heterocycles. The van der Waals surface area contributed by atoms with Gasteiger partial charge >= 0.3 is 0 Å². The second kappa shape index (κ2) is 11.1. The van der Waals surface area contributed by atoms with Crippen molar-refractivity contribution in [1.29, 1.82) is 0 Å². The van der Waals surface area contributed by atoms with E-state index in [1.807, 2.05) is 0 Å². The molecule has 0 saturated carbocycles. The first-order valence-corrected chi connectivity index (χ1v) is 12.2. The van der Waals surface area contributed by atoms with E-state index in [4.69, 9.17) is 23.7 Å². The van der Waals surface area contributed by atoms with Gasteiger partial charge in [-0.1, -0.05) is 12.2 Å². The minimum Gasteiger partial charge on any atom is -0.504 e. The predicted octanol–water partition coefficient (Wildman–Crippen LogP) is 4.58. The Bertz CT molecular complexity index is 1290. The van der Waals surface area contributed by atoms with Crippen LogP contribution >= 0.6 is 0 Å². The quantitative estimate of drug-likeness (QED) is 0.404. The summed E-state index contributed by atoms with van der Waals surface area (Å²) < 4.78 is 52.7. The molecule has 0 heterocycles. The minimum atomic E-state index is -3.70. The van der Waals surface area contributed by atoms with Gasteiger partial charge in [-0.15, -0.1) is 0 Å². The van der Waals surface area contributed by atoms with Crippen molar-refractivity contribution in [2.75, 3.05) is 35.5 Å². The van der Waals surface area contributed by atoms with Crippen molar-refractivity contribution in [3.8, 4) is 34.5 Å². The van der Waals surface area contributed by atoms with Crippen molar-refractivity contribution in [3.63, 3.8) is 0 Å². The summed E-state index contributed by atoms with van der Waals surface area (Å²) in [5, 5.41) is 10.3. The van der Waals surface area contributed by atoms with Crippen LogP contribution in [0.5, 0.6) is 34.5 Å². The second-order valence-corrected chi connectivity index (χ2v) is 9.44. The number of ether oxygens (including phenoxy) is 5. The molecule has 0 radical (unpaired) electrons. The monoisotopic (exact) mass is 500 g/mol. The summed E-state index contributed by atoms with van der Waals surface area (Å²) in [6, 6.07) is 12.7. The molecule has 9 heteroatoms. The summed E-state index contributed by atoms with van der Waals surface area (Å²) in [6.07, 6.45) is 3.47. The Morgan fingerprint density at radius 1 is 0.743 bits per heavy atom. The Kier molecular flexibility index (Phi) is 8.14. The average Bonchev–Trinajstić information content (AvgIpc) is 2.87. The summed E-state index contributed by atoms with van der Waals surface area (Å²) in [4.78, 5) is 0.157. The Morgan fingerprint density at radius 3 is 1.86 bits per heavy atom. The van der Waals surface area contributed by atoms with E-state index in [1.54, 1.807) is 36.4 Å². The van der Waals surface area contributed by atoms with Crippen LogP contribution in [0.15, 0.2) is 53.4 Å². The molecule has 0 saturated heterocycles. The fourth-order valence-corrected chi connectivity index (χ4v) is 4.90. The number of sulfone groups is 1. The first-order chi connectivity index (χ1) is 16.8. The van der Waals surface area contributed by atoms with E-state index in [1.165, 1.54) is 59.8 Å². The highest BCUT2D eigenvalue weighted by Crippen LogP contribution is 2.39. The van der Waals surface area contributed by atoms with Gasteiger partial charge in [-0.05, 0) is 65.2 Å². The Labute approximate surface area is 205 Å². The number of aromatic hydroxyl groups is 1. The molecule has 0 aliphatic rings. The summed E-state index contributed by atoms with van der Waals surface area (Å²) in [7, 11) is 3.79. The van der Waals surface area contributed by atoms with Crippen molar-refractivity contribution in [3.05, 3.63) is 65.2 Å². The van der Waals surface area contributed by atoms with Gasteiger partial charge in [0.25, 0.3) is 0 Å². The molecule has 1 N–H and O–H groups in total. The van der Waals surface area contributed by atoms with Crippen LogP contribution in [0.2, 0.25) is 0 Å². The molecule has 3 rings (SSSR count). The standard InChI is InChI=1S/C26H28O8S/c1-30-20-8-10-21(11-9-20)35(28,29)16-19-15-23(31-2)22(27)14-18(19)7-6-17-12-24(32-3)26(34-5)25(13-17)33-4/h6-15,27H,16H2,1-5H3/b7-6-. The van der Waals surface area contributed by atoms with Gasteiger partial charge in [-0.3, -0.25) is 0 Å². The molecule has 8 nitrogen and oxygen atoms in total. The maximum atomic E-state index is 13.1. The number of benzene rings is 3. The third kappa shape index (κ3) is 5.81. The summed E-state index contributed by atoms with van der Waals surface area (Å²) in [6.45, 7) is 0. The molecule has 0 bridgehead atoms. The fraction of sp³-hybridized carbons (Fsp3) is 0.231. The highest BCUT2D eigenvalue weighted by molar-refractivity contribution is 7.90. The zero-order chi connectivity index (χ0) is 25.6. The lowest BCUT2D eigenvalue weighted by Crippen LogP contribution is -2.06. The van der Waals surface area contributed by atoms with Crippen LogP contribution in [0, 0.1) is 0 Å². The number of hydrogen-bond donors (Lipinski definition) is 1. The number of rotatable bonds is 10. The largest absolute Gasteiger partial charge is 0.504 e. The van der Waals surface area contributed by atoms with Gasteiger partial charge in [0.05, 0.1) is 46.2 Å². The normalized spacial score (nSPS) is 11.3. The third-order valence-electron chi connectivity index (χ3n) is 5.35. The van der Waals surface area contributed by atoms with E-state index in [2.05, 4.69) is 0 Å². The predicted molar refractivity (Wildman–Crippen MR) is 134 cm³/mol. The molecular weight excluding hydrogens is 472 g/mol. The van der Waals surface area contributed by atoms with Crippen LogP contribution in [0.25, 0.3) is 12.2 Å². The molecule has 186 valence electrons. The smallest absolute Gasteiger partial charge is 0.203 e. The van der Waals surface area contributed by atoms with Crippen LogP contribution < -0.4 is 23.7 Å². The summed E-state index contributed by atoms with van der Waals surface area (Å²) >= 11 is 0. The van der Waals surface area contributed by atoms with Crippen molar-refractivity contribution in [2.24, 2.45) is 0 Å². The van der Waals surface area contributed by atoms with E-state index < -0.39 is 9.84 Å². The van der Waals surface area contributed by atoms with Crippen molar-refractivity contribution in [2.45, 2.75) is 10.6 Å². The van der Waals surface area contributed by atoms with Crippen molar-refractivity contribution in [1.82, 2.24) is 0 Å². The molecule has 3 aromatic rings. The summed E-state index contributed by atoms with van der Waals surface area (Å²) in [5.41, 5.74) is 1.69. The molecule has 35 heavy (non-hydrogen) atoms. The Balaban J connectivity index is 2.03. The van der Waals surface area contributed by atoms with Crippen LogP contribution in [0.1, 0.15) is 16.7 Å². The van der Waals surface area contributed by atoms with Crippen LogP contribution in [0.4, 0.5) is 0 Å². The maximum absolute atomic E-state index is 13.1. The van der Waals surface area contributed by atoms with Crippen LogP contribution in [0.3, 0.4) is 0 Å². The van der Waals surface area contributed by atoms with E-state index >= 15 is 0 Å². The van der Waals surface area contributed by atoms with Gasteiger partial charge in [0, 0.05) is 0 Å². The van der Waals surface area contributed by atoms with Gasteiger partial charge in [0.1, 0.15) is 5.75 Å². The third-order valence-corrected chi connectivity index (χ3v) is 7.03. The minimum absolute atomic E-state index is 0.109. The SMILES string of the molecule is COc1ccc(S(=O)(=O)Cc2cc(OC)c(O)cc2/C=C\c2cc(OC)c(OC)c(OC)c2)cc1. The molecule has 0 atom stereocenters. The number of phenols is 1. The molecule has 3 aromatic carbocycles. The zero-order valence-electron chi connectivity index (χ0n) is 20.2. The lowest BCUT2D eigenvalue weighted by molar-refractivity contribution is 0.324. The van der Waals surface area contributed by atoms with E-state index in [0.29, 0.717) is 34.1 Å². The van der Waals surface area contributed by atoms with Crippen LogP contribution in [-0.2, 0) is 15.6 Å². The molecule has 0 aliphatic carbocycles. The highest BCUT2D eigenvalue weighted by atomic mass is 32.2. The first kappa shape index (κ1) is 25.8. The first-order valence-electron chi connectivity index (χ1n) is 10.5. The lowest BCUT2D eigenvalue weighted by atomic mass is 10.1. The lowest BCUT2D eigenvalue weighted by Gasteiger charge is -2.13. The maximum Gasteiger partial charge on any atom is 0.203 e. The van der Waals surface area contributed by atoms with E-state index in [9.17, 15) is 13.5 Å². The summed E-state index contributed by atoms with van der Waals surface area (Å²) in [5.74, 6) is 1.74. The van der Waals surface area contributed by atoms with Gasteiger partial charge < -0.3 is 28.8 Å². The van der Waals surface area contributed by atoms with Crippen LogP contribution in [-0.4, -0.2) is 49.1 Å². The van der Waals surface area contributed by atoms with Gasteiger partial charge in [-0.25, -0.2) is 8.42 Å². The molecule has 0 spiro atoms. The van der Waals surface area contributed by atoms with Crippen molar-refractivity contribution >= 4 is 22.0 Å². The van der Waals surface area contributed by atoms with E-state index in [-0.39, 0.29) is 22.1 Å². The van der Waals surface area contributed by atoms with Gasteiger partial charge in [0.2, 0.25) is 5.75 Å². The fourth-order valence-electron chi connectivity index (χ4n) is 3.52.